The summed E-state index contributed by atoms with van der Waals surface area (Å²) in [6.07, 6.45) is -1.41. The van der Waals surface area contributed by atoms with Gasteiger partial charge in [0.25, 0.3) is 0 Å². The van der Waals surface area contributed by atoms with Crippen molar-refractivity contribution < 1.29 is 24.2 Å². The second kappa shape index (κ2) is 2.57. The molecule has 11 heavy (non-hydrogen) atoms. The van der Waals surface area contributed by atoms with Crippen molar-refractivity contribution >= 4 is 17.8 Å². The summed E-state index contributed by atoms with van der Waals surface area (Å²) in [6, 6.07) is -1.33. The monoisotopic (exact) mass is 159 g/mol. The predicted molar refractivity (Wildman–Crippen MR) is 30.9 cm³/mol. The number of carbonyl (C=O) groups is 3. The van der Waals surface area contributed by atoms with Crippen LogP contribution < -0.4 is 5.32 Å². The lowest BCUT2D eigenvalue weighted by Crippen LogP contribution is -2.41. The van der Waals surface area contributed by atoms with E-state index in [4.69, 9.17) is 5.11 Å². The zero-order chi connectivity index (χ0) is 8.43. The highest BCUT2D eigenvalue weighted by atomic mass is 16.5. The average molecular weight is 159 g/mol. The van der Waals surface area contributed by atoms with Crippen LogP contribution in [0.1, 0.15) is 0 Å². The molecule has 0 radical (unpaired) electrons. The van der Waals surface area contributed by atoms with Crippen molar-refractivity contribution in [1.82, 2.24) is 5.32 Å². The fourth-order valence-corrected chi connectivity index (χ4v) is 0.703. The molecule has 1 aliphatic rings. The lowest BCUT2D eigenvalue weighted by Gasteiger charge is -2.01. The Morgan fingerprint density at radius 2 is 2.27 bits per heavy atom. The predicted octanol–water partition coefficient (Wildman–Crippen LogP) is -1.25. The van der Waals surface area contributed by atoms with Gasteiger partial charge in [-0.1, -0.05) is 0 Å². The number of cyclic esters (lactones) is 1. The van der Waals surface area contributed by atoms with E-state index in [9.17, 15) is 14.4 Å². The summed E-state index contributed by atoms with van der Waals surface area (Å²) in [5, 5.41) is 9.87. The number of carboxylic acid groups (broad SMARTS) is 1. The number of Topliss-reactive ketones (excluding diaryl/α,β-unsaturated/α-hetero) is 1. The zero-order valence-electron chi connectivity index (χ0n) is 5.36. The van der Waals surface area contributed by atoms with Gasteiger partial charge in [0.15, 0.2) is 12.6 Å². The molecule has 1 atom stereocenters. The van der Waals surface area contributed by atoms with Gasteiger partial charge < -0.3 is 15.2 Å². The number of hydrogen-bond acceptors (Lipinski definition) is 4. The van der Waals surface area contributed by atoms with Gasteiger partial charge in [-0.05, 0) is 0 Å². The molecule has 0 aliphatic carbocycles. The molecule has 1 heterocycles. The first-order valence-electron chi connectivity index (χ1n) is 2.80. The van der Waals surface area contributed by atoms with E-state index in [0.29, 0.717) is 0 Å². The number of nitrogens with one attached hydrogen (secondary N) is 1. The van der Waals surface area contributed by atoms with Crippen molar-refractivity contribution in [2.45, 2.75) is 6.04 Å². The Kier molecular flexibility index (Phi) is 1.75. The van der Waals surface area contributed by atoms with Gasteiger partial charge in [-0.15, -0.1) is 0 Å². The zero-order valence-corrected chi connectivity index (χ0v) is 5.36. The van der Waals surface area contributed by atoms with Gasteiger partial charge in [-0.2, -0.15) is 0 Å². The van der Waals surface area contributed by atoms with E-state index < -0.39 is 23.9 Å². The number of ether oxygens (including phenoxy) is 1. The molecule has 0 spiro atoms. The summed E-state index contributed by atoms with van der Waals surface area (Å²) in [5.74, 6) is -1.39. The summed E-state index contributed by atoms with van der Waals surface area (Å²) in [5.41, 5.74) is 0. The second-order valence-electron chi connectivity index (χ2n) is 1.96. The Morgan fingerprint density at radius 3 is 2.64 bits per heavy atom. The molecule has 0 bridgehead atoms. The molecule has 60 valence electrons. The molecule has 0 aromatic rings. The Morgan fingerprint density at radius 1 is 1.64 bits per heavy atom. The maximum atomic E-state index is 10.6. The molecule has 1 saturated heterocycles. The van der Waals surface area contributed by atoms with E-state index in [1.165, 1.54) is 0 Å². The van der Waals surface area contributed by atoms with Crippen molar-refractivity contribution in [3.05, 3.63) is 0 Å². The van der Waals surface area contributed by atoms with Crippen LogP contribution in [0, 0.1) is 0 Å². The van der Waals surface area contributed by atoms with Crippen LogP contribution in [0.5, 0.6) is 0 Å². The fraction of sp³-hybridized carbons (Fsp3) is 0.400. The Bertz CT molecular complexity index is 207. The van der Waals surface area contributed by atoms with Gasteiger partial charge >= 0.3 is 12.1 Å². The van der Waals surface area contributed by atoms with Gasteiger partial charge in [0.2, 0.25) is 5.78 Å². The first-order valence-corrected chi connectivity index (χ1v) is 2.80. The minimum absolute atomic E-state index is 0.343. The molecule has 1 fully saturated rings. The molecule has 6 nitrogen and oxygen atoms in total. The number of esters is 1. The number of hydrogen-bond donors (Lipinski definition) is 2. The van der Waals surface area contributed by atoms with E-state index >= 15 is 0 Å². The van der Waals surface area contributed by atoms with Crippen molar-refractivity contribution in [3.63, 3.8) is 0 Å². The van der Waals surface area contributed by atoms with Gasteiger partial charge in [0.05, 0.1) is 0 Å². The van der Waals surface area contributed by atoms with Crippen molar-refractivity contribution in [2.75, 3.05) is 6.61 Å². The maximum absolute atomic E-state index is 10.6. The van der Waals surface area contributed by atoms with Crippen LogP contribution in [-0.4, -0.2) is 35.6 Å². The van der Waals surface area contributed by atoms with E-state index in [1.54, 1.807) is 5.32 Å². The maximum Gasteiger partial charge on any atom is 0.405 e. The fourth-order valence-electron chi connectivity index (χ4n) is 0.703. The van der Waals surface area contributed by atoms with E-state index in [0.717, 1.165) is 0 Å². The molecule has 1 rings (SSSR count). The summed E-state index contributed by atoms with van der Waals surface area (Å²) >= 11 is 0. The molecule has 6 heteroatoms. The van der Waals surface area contributed by atoms with Crippen LogP contribution in [-0.2, 0) is 14.3 Å². The average Bonchev–Trinajstić information content (AvgIpc) is 2.18. The standard InChI is InChI=1S/C5H5NO5/c7-2-1-11-4(8)3(2)6-5(9)10/h3,6H,1H2,(H,9,10). The highest BCUT2D eigenvalue weighted by Gasteiger charge is 2.36. The topological polar surface area (TPSA) is 92.7 Å². The molecule has 1 amide bonds. The Labute approximate surface area is 61.1 Å². The number of ketones is 1. The molecular formula is C5H5NO5. The van der Waals surface area contributed by atoms with Crippen molar-refractivity contribution in [1.29, 1.82) is 0 Å². The third-order valence-corrected chi connectivity index (χ3v) is 1.18. The molecular weight excluding hydrogens is 154 g/mol. The summed E-state index contributed by atoms with van der Waals surface area (Å²) in [7, 11) is 0. The van der Waals surface area contributed by atoms with Gasteiger partial charge in [-0.3, -0.25) is 4.79 Å². The highest BCUT2D eigenvalue weighted by molar-refractivity contribution is 6.09. The lowest BCUT2D eigenvalue weighted by molar-refractivity contribution is -0.139. The first-order chi connectivity index (χ1) is 5.11. The number of amides is 1. The van der Waals surface area contributed by atoms with Gasteiger partial charge in [0, 0.05) is 0 Å². The molecule has 1 unspecified atom stereocenters. The summed E-state index contributed by atoms with van der Waals surface area (Å²) in [6.45, 7) is -0.343. The molecule has 1 aliphatic heterocycles. The van der Waals surface area contributed by atoms with Crippen LogP contribution in [0.15, 0.2) is 0 Å². The molecule has 0 saturated carbocycles. The third-order valence-electron chi connectivity index (χ3n) is 1.18. The van der Waals surface area contributed by atoms with E-state index in [2.05, 4.69) is 4.74 Å². The highest BCUT2D eigenvalue weighted by Crippen LogP contribution is 2.01. The van der Waals surface area contributed by atoms with Crippen LogP contribution >= 0.6 is 0 Å². The van der Waals surface area contributed by atoms with Crippen LogP contribution in [0.25, 0.3) is 0 Å². The van der Waals surface area contributed by atoms with Crippen LogP contribution in [0.4, 0.5) is 4.79 Å². The first kappa shape index (κ1) is 7.52. The van der Waals surface area contributed by atoms with Gasteiger partial charge in [-0.25, -0.2) is 9.59 Å². The smallest absolute Gasteiger partial charge is 0.405 e. The quantitative estimate of drug-likeness (QED) is 0.368. The number of carbonyl (C=O) groups excluding carboxylic acids is 2. The van der Waals surface area contributed by atoms with Crippen molar-refractivity contribution in [2.24, 2.45) is 0 Å². The summed E-state index contributed by atoms with van der Waals surface area (Å²) in [4.78, 5) is 31.2. The molecule has 0 aromatic carbocycles. The van der Waals surface area contributed by atoms with Crippen LogP contribution in [0.2, 0.25) is 0 Å². The second-order valence-corrected chi connectivity index (χ2v) is 1.96. The Hall–Kier alpha value is -1.59. The molecule has 0 aromatic heterocycles. The summed E-state index contributed by atoms with van der Waals surface area (Å²) < 4.78 is 4.26. The lowest BCUT2D eigenvalue weighted by atomic mass is 10.2. The van der Waals surface area contributed by atoms with Crippen LogP contribution in [0.3, 0.4) is 0 Å². The number of rotatable bonds is 1. The largest absolute Gasteiger partial charge is 0.465 e. The SMILES string of the molecule is O=C(O)NC1C(=O)COC1=O. The van der Waals surface area contributed by atoms with E-state index in [1.807, 2.05) is 0 Å². The molecule has 2 N–H and O–H groups in total. The minimum atomic E-state index is -1.41. The normalized spacial score (nSPS) is 23.1. The Balaban J connectivity index is 2.62. The minimum Gasteiger partial charge on any atom is -0.465 e. The van der Waals surface area contributed by atoms with Gasteiger partial charge in [0.1, 0.15) is 0 Å². The van der Waals surface area contributed by atoms with Crippen molar-refractivity contribution in [3.8, 4) is 0 Å². The third kappa shape index (κ3) is 1.46. The van der Waals surface area contributed by atoms with E-state index in [-0.39, 0.29) is 6.61 Å².